The van der Waals surface area contributed by atoms with Gasteiger partial charge in [0.1, 0.15) is 0 Å². The van der Waals surface area contributed by atoms with Gasteiger partial charge in [-0.25, -0.2) is 0 Å². The van der Waals surface area contributed by atoms with Crippen LogP contribution in [0.25, 0.3) is 0 Å². The van der Waals surface area contributed by atoms with Crippen molar-refractivity contribution in [2.75, 3.05) is 31.2 Å². The van der Waals surface area contributed by atoms with E-state index >= 15 is 0 Å². The number of rotatable bonds is 3. The molecule has 1 fully saturated rings. The molecule has 0 atom stereocenters. The van der Waals surface area contributed by atoms with Crippen molar-refractivity contribution < 1.29 is 4.74 Å². The third kappa shape index (κ3) is 4.22. The number of ether oxygens (including phenoxy) is 1. The smallest absolute Gasteiger partial charge is 0.0642 e. The van der Waals surface area contributed by atoms with E-state index in [9.17, 15) is 0 Å². The third-order valence-electron chi connectivity index (χ3n) is 3.51. The largest absolute Gasteiger partial charge is 0.378 e. The molecule has 0 spiro atoms. The van der Waals surface area contributed by atoms with Gasteiger partial charge in [-0.3, -0.25) is 0 Å². The summed E-state index contributed by atoms with van der Waals surface area (Å²) in [5, 5.41) is 3.54. The number of hydrogen-bond acceptors (Lipinski definition) is 3. The Bertz CT molecular complexity index is 417. The van der Waals surface area contributed by atoms with Crippen LogP contribution in [0.5, 0.6) is 0 Å². The average Bonchev–Trinajstić information content (AvgIpc) is 2.37. The summed E-state index contributed by atoms with van der Waals surface area (Å²) in [4.78, 5) is 2.40. The van der Waals surface area contributed by atoms with Crippen molar-refractivity contribution in [1.82, 2.24) is 5.32 Å². The molecule has 1 N–H and O–H groups in total. The van der Waals surface area contributed by atoms with Gasteiger partial charge in [0.25, 0.3) is 0 Å². The molecular formula is C16H26N2O. The van der Waals surface area contributed by atoms with Crippen molar-refractivity contribution in [3.05, 3.63) is 29.3 Å². The minimum atomic E-state index is 0.162. The highest BCUT2D eigenvalue weighted by molar-refractivity contribution is 5.51. The fourth-order valence-electron chi connectivity index (χ4n) is 2.26. The van der Waals surface area contributed by atoms with Crippen molar-refractivity contribution in [2.45, 2.75) is 39.8 Å². The van der Waals surface area contributed by atoms with Crippen molar-refractivity contribution in [3.63, 3.8) is 0 Å². The second kappa shape index (κ2) is 5.93. The van der Waals surface area contributed by atoms with Crippen LogP contribution in [0.4, 0.5) is 5.69 Å². The molecule has 1 saturated heterocycles. The van der Waals surface area contributed by atoms with E-state index in [1.807, 2.05) is 0 Å². The molecule has 1 aromatic rings. The summed E-state index contributed by atoms with van der Waals surface area (Å²) in [5.74, 6) is 0. The van der Waals surface area contributed by atoms with Crippen molar-refractivity contribution in [3.8, 4) is 0 Å². The maximum atomic E-state index is 5.40. The first-order valence-corrected chi connectivity index (χ1v) is 7.13. The molecule has 3 heteroatoms. The second-order valence-electron chi connectivity index (χ2n) is 6.31. The van der Waals surface area contributed by atoms with Gasteiger partial charge in [0.2, 0.25) is 0 Å². The molecule has 0 amide bonds. The predicted molar refractivity (Wildman–Crippen MR) is 80.8 cm³/mol. The topological polar surface area (TPSA) is 24.5 Å². The first-order valence-electron chi connectivity index (χ1n) is 7.13. The Labute approximate surface area is 116 Å². The first kappa shape index (κ1) is 14.4. The number of nitrogens with one attached hydrogen (secondary N) is 1. The Hall–Kier alpha value is -1.06. The zero-order valence-electron chi connectivity index (χ0n) is 12.6. The molecule has 1 aliphatic heterocycles. The second-order valence-corrected chi connectivity index (χ2v) is 6.31. The number of nitrogens with zero attached hydrogens (tertiary/aromatic N) is 1. The van der Waals surface area contributed by atoms with E-state index in [2.05, 4.69) is 56.1 Å². The minimum absolute atomic E-state index is 0.162. The van der Waals surface area contributed by atoms with Gasteiger partial charge in [-0.15, -0.1) is 0 Å². The minimum Gasteiger partial charge on any atom is -0.378 e. The quantitative estimate of drug-likeness (QED) is 0.906. The normalized spacial score (nSPS) is 16.7. The first-order chi connectivity index (χ1) is 8.96. The molecule has 106 valence electrons. The van der Waals surface area contributed by atoms with Crippen LogP contribution in [-0.2, 0) is 11.3 Å². The number of aryl methyl sites for hydroxylation is 1. The zero-order chi connectivity index (χ0) is 13.9. The molecule has 19 heavy (non-hydrogen) atoms. The van der Waals surface area contributed by atoms with Gasteiger partial charge in [0.05, 0.1) is 13.2 Å². The molecule has 1 heterocycles. The summed E-state index contributed by atoms with van der Waals surface area (Å²) in [6.45, 7) is 13.4. The summed E-state index contributed by atoms with van der Waals surface area (Å²) in [7, 11) is 0. The van der Waals surface area contributed by atoms with Gasteiger partial charge in [0.15, 0.2) is 0 Å². The molecule has 0 bridgehead atoms. The number of anilines is 1. The van der Waals surface area contributed by atoms with Gasteiger partial charge in [-0.05, 0) is 51.0 Å². The Balaban J connectivity index is 2.04. The van der Waals surface area contributed by atoms with Gasteiger partial charge in [-0.2, -0.15) is 0 Å². The predicted octanol–water partition coefficient (Wildman–Crippen LogP) is 2.72. The SMILES string of the molecule is Cc1cc(N2CCOCC2)ccc1CNC(C)(C)C. The maximum Gasteiger partial charge on any atom is 0.0642 e. The Morgan fingerprint density at radius 1 is 1.21 bits per heavy atom. The maximum absolute atomic E-state index is 5.40. The van der Waals surface area contributed by atoms with Crippen LogP contribution in [0.15, 0.2) is 18.2 Å². The zero-order valence-corrected chi connectivity index (χ0v) is 12.6. The van der Waals surface area contributed by atoms with E-state index in [1.165, 1.54) is 16.8 Å². The summed E-state index contributed by atoms with van der Waals surface area (Å²) < 4.78 is 5.40. The van der Waals surface area contributed by atoms with E-state index in [0.717, 1.165) is 32.8 Å². The molecule has 0 aromatic heterocycles. The van der Waals surface area contributed by atoms with E-state index < -0.39 is 0 Å². The van der Waals surface area contributed by atoms with Crippen LogP contribution in [0.1, 0.15) is 31.9 Å². The van der Waals surface area contributed by atoms with Crippen LogP contribution < -0.4 is 10.2 Å². The Morgan fingerprint density at radius 3 is 2.47 bits per heavy atom. The van der Waals surface area contributed by atoms with Crippen molar-refractivity contribution in [1.29, 1.82) is 0 Å². The molecule has 0 saturated carbocycles. The van der Waals surface area contributed by atoms with E-state index in [4.69, 9.17) is 4.74 Å². The fraction of sp³-hybridized carbons (Fsp3) is 0.625. The third-order valence-corrected chi connectivity index (χ3v) is 3.51. The lowest BCUT2D eigenvalue weighted by Crippen LogP contribution is -2.36. The van der Waals surface area contributed by atoms with Crippen LogP contribution >= 0.6 is 0 Å². The highest BCUT2D eigenvalue weighted by Crippen LogP contribution is 2.20. The van der Waals surface area contributed by atoms with Crippen molar-refractivity contribution in [2.24, 2.45) is 0 Å². The Kier molecular flexibility index (Phi) is 4.48. The van der Waals surface area contributed by atoms with E-state index in [-0.39, 0.29) is 5.54 Å². The molecule has 0 aliphatic carbocycles. The van der Waals surface area contributed by atoms with Gasteiger partial charge in [0, 0.05) is 30.9 Å². The lowest BCUT2D eigenvalue weighted by Gasteiger charge is -2.29. The molecule has 3 nitrogen and oxygen atoms in total. The summed E-state index contributed by atoms with van der Waals surface area (Å²) in [6.07, 6.45) is 0. The summed E-state index contributed by atoms with van der Waals surface area (Å²) >= 11 is 0. The average molecular weight is 262 g/mol. The number of benzene rings is 1. The Morgan fingerprint density at radius 2 is 1.89 bits per heavy atom. The molecule has 0 unspecified atom stereocenters. The lowest BCUT2D eigenvalue weighted by atomic mass is 10.0. The fourth-order valence-corrected chi connectivity index (χ4v) is 2.26. The van der Waals surface area contributed by atoms with Crippen molar-refractivity contribution >= 4 is 5.69 Å². The van der Waals surface area contributed by atoms with Gasteiger partial charge >= 0.3 is 0 Å². The molecule has 1 aromatic carbocycles. The monoisotopic (exact) mass is 262 g/mol. The number of hydrogen-bond donors (Lipinski definition) is 1. The highest BCUT2D eigenvalue weighted by atomic mass is 16.5. The van der Waals surface area contributed by atoms with Crippen LogP contribution in [-0.4, -0.2) is 31.8 Å². The van der Waals surface area contributed by atoms with Gasteiger partial charge in [-0.1, -0.05) is 6.07 Å². The highest BCUT2D eigenvalue weighted by Gasteiger charge is 2.13. The summed E-state index contributed by atoms with van der Waals surface area (Å²) in [6, 6.07) is 6.78. The van der Waals surface area contributed by atoms with Gasteiger partial charge < -0.3 is 15.0 Å². The van der Waals surface area contributed by atoms with Crippen LogP contribution in [0, 0.1) is 6.92 Å². The molecular weight excluding hydrogens is 236 g/mol. The molecule has 0 radical (unpaired) electrons. The summed E-state index contributed by atoms with van der Waals surface area (Å²) in [5.41, 5.74) is 4.22. The molecule has 1 aliphatic rings. The number of morpholine rings is 1. The van der Waals surface area contributed by atoms with Crippen LogP contribution in [0.2, 0.25) is 0 Å². The lowest BCUT2D eigenvalue weighted by molar-refractivity contribution is 0.122. The van der Waals surface area contributed by atoms with Crippen LogP contribution in [0.3, 0.4) is 0 Å². The van der Waals surface area contributed by atoms with E-state index in [0.29, 0.717) is 0 Å². The molecule has 2 rings (SSSR count). The standard InChI is InChI=1S/C16H26N2O/c1-13-11-15(18-7-9-19-10-8-18)6-5-14(13)12-17-16(2,3)4/h5-6,11,17H,7-10,12H2,1-4H3. The van der Waals surface area contributed by atoms with E-state index in [1.54, 1.807) is 0 Å².